The highest BCUT2D eigenvalue weighted by Gasteiger charge is 2.09. The number of hydrogen-bond donors (Lipinski definition) is 2. The fourth-order valence-electron chi connectivity index (χ4n) is 1.89. The zero-order valence-corrected chi connectivity index (χ0v) is 13.1. The van der Waals surface area contributed by atoms with Gasteiger partial charge in [-0.15, -0.1) is 0 Å². The molecular weight excluding hydrogens is 310 g/mol. The molecule has 0 spiro atoms. The monoisotopic (exact) mass is 327 g/mol. The summed E-state index contributed by atoms with van der Waals surface area (Å²) in [7, 11) is -3.24. The maximum atomic E-state index is 11.9. The van der Waals surface area contributed by atoms with Crippen molar-refractivity contribution in [3.63, 3.8) is 0 Å². The van der Waals surface area contributed by atoms with Gasteiger partial charge in [-0.2, -0.15) is 0 Å². The molecule has 0 saturated heterocycles. The number of aromatic nitrogens is 2. The highest BCUT2D eigenvalue weighted by atomic mass is 35.5. The van der Waals surface area contributed by atoms with Gasteiger partial charge in [0.1, 0.15) is 0 Å². The summed E-state index contributed by atoms with van der Waals surface area (Å²) in [5, 5.41) is 0.639. The quantitative estimate of drug-likeness (QED) is 0.731. The fourth-order valence-corrected chi connectivity index (χ4v) is 3.13. The van der Waals surface area contributed by atoms with E-state index in [1.54, 1.807) is 18.5 Å². The molecular formula is C14H18ClN3O2S. The van der Waals surface area contributed by atoms with Crippen molar-refractivity contribution in [3.8, 4) is 0 Å². The Labute approximate surface area is 129 Å². The summed E-state index contributed by atoms with van der Waals surface area (Å²) in [5.41, 5.74) is 1.85. The number of imidazole rings is 1. The molecule has 7 heteroatoms. The van der Waals surface area contributed by atoms with E-state index in [-0.39, 0.29) is 5.75 Å². The number of halogens is 1. The Morgan fingerprint density at radius 1 is 1.19 bits per heavy atom. The predicted octanol–water partition coefficient (Wildman–Crippen LogP) is 2.51. The number of hydrogen-bond acceptors (Lipinski definition) is 3. The van der Waals surface area contributed by atoms with Crippen molar-refractivity contribution in [1.29, 1.82) is 0 Å². The van der Waals surface area contributed by atoms with Crippen LogP contribution in [-0.4, -0.2) is 24.1 Å². The standard InChI is InChI=1S/C14H18ClN3O2S/c15-13-6-4-12(5-7-13)9-18-21(19,20)8-2-1-3-14-10-16-11-17-14/h4-7,10-11,18H,1-3,8-9H2,(H,16,17). The SMILES string of the molecule is O=S(=O)(CCCCc1c[nH]cn1)NCc1ccc(Cl)cc1. The molecule has 0 amide bonds. The third kappa shape index (κ3) is 5.87. The number of benzene rings is 1. The van der Waals surface area contributed by atoms with Crippen LogP contribution < -0.4 is 4.72 Å². The maximum Gasteiger partial charge on any atom is 0.211 e. The minimum Gasteiger partial charge on any atom is -0.351 e. The van der Waals surface area contributed by atoms with E-state index in [0.717, 1.165) is 24.1 Å². The van der Waals surface area contributed by atoms with Crippen molar-refractivity contribution in [3.05, 3.63) is 53.1 Å². The summed E-state index contributed by atoms with van der Waals surface area (Å²) in [4.78, 5) is 6.98. The second-order valence-electron chi connectivity index (χ2n) is 4.78. The molecule has 2 rings (SSSR count). The molecule has 2 aromatic rings. The van der Waals surface area contributed by atoms with E-state index in [2.05, 4.69) is 14.7 Å². The predicted molar refractivity (Wildman–Crippen MR) is 83.6 cm³/mol. The van der Waals surface area contributed by atoms with E-state index in [0.29, 0.717) is 18.0 Å². The van der Waals surface area contributed by atoms with Crippen molar-refractivity contribution < 1.29 is 8.42 Å². The molecule has 1 aromatic heterocycles. The van der Waals surface area contributed by atoms with Gasteiger partial charge in [0.05, 0.1) is 17.8 Å². The third-order valence-electron chi connectivity index (χ3n) is 3.06. The molecule has 21 heavy (non-hydrogen) atoms. The molecule has 0 saturated carbocycles. The van der Waals surface area contributed by atoms with Crippen LogP contribution in [0.4, 0.5) is 0 Å². The summed E-state index contributed by atoms with van der Waals surface area (Å²) in [6.45, 7) is 0.291. The molecule has 2 N–H and O–H groups in total. The van der Waals surface area contributed by atoms with Crippen LogP contribution in [0.3, 0.4) is 0 Å². The molecule has 0 fully saturated rings. The first-order valence-electron chi connectivity index (χ1n) is 6.74. The van der Waals surface area contributed by atoms with Crippen LogP contribution >= 0.6 is 11.6 Å². The zero-order chi connectivity index (χ0) is 15.1. The van der Waals surface area contributed by atoms with Crippen molar-refractivity contribution >= 4 is 21.6 Å². The molecule has 114 valence electrons. The van der Waals surface area contributed by atoms with E-state index < -0.39 is 10.0 Å². The van der Waals surface area contributed by atoms with Crippen LogP contribution in [0.25, 0.3) is 0 Å². The van der Waals surface area contributed by atoms with Crippen molar-refractivity contribution in [2.45, 2.75) is 25.8 Å². The number of aryl methyl sites for hydroxylation is 1. The molecule has 0 aliphatic rings. The molecule has 1 aromatic carbocycles. The summed E-state index contributed by atoms with van der Waals surface area (Å²) in [6, 6.07) is 7.11. The topological polar surface area (TPSA) is 74.8 Å². The van der Waals surface area contributed by atoms with Crippen LogP contribution in [0.5, 0.6) is 0 Å². The number of rotatable bonds is 8. The summed E-state index contributed by atoms with van der Waals surface area (Å²) in [5.74, 6) is 0.130. The Bertz CT molecular complexity index is 639. The second-order valence-corrected chi connectivity index (χ2v) is 7.15. The lowest BCUT2D eigenvalue weighted by Gasteiger charge is -2.06. The molecule has 0 atom stereocenters. The first-order valence-corrected chi connectivity index (χ1v) is 8.78. The summed E-state index contributed by atoms with van der Waals surface area (Å²) >= 11 is 5.78. The lowest BCUT2D eigenvalue weighted by Crippen LogP contribution is -2.26. The average molecular weight is 328 g/mol. The molecule has 0 aliphatic carbocycles. The Balaban J connectivity index is 1.70. The number of sulfonamides is 1. The smallest absolute Gasteiger partial charge is 0.211 e. The zero-order valence-electron chi connectivity index (χ0n) is 11.5. The maximum absolute atomic E-state index is 11.9. The van der Waals surface area contributed by atoms with Crippen LogP contribution in [0.1, 0.15) is 24.1 Å². The van der Waals surface area contributed by atoms with Crippen molar-refractivity contribution in [2.24, 2.45) is 0 Å². The van der Waals surface area contributed by atoms with E-state index in [9.17, 15) is 8.42 Å². The van der Waals surface area contributed by atoms with E-state index in [4.69, 9.17) is 11.6 Å². The number of nitrogens with zero attached hydrogens (tertiary/aromatic N) is 1. The van der Waals surface area contributed by atoms with Gasteiger partial charge in [-0.1, -0.05) is 23.7 Å². The molecule has 0 unspecified atom stereocenters. The van der Waals surface area contributed by atoms with Crippen LogP contribution in [0.15, 0.2) is 36.8 Å². The average Bonchev–Trinajstić information content (AvgIpc) is 2.96. The number of nitrogens with one attached hydrogen (secondary N) is 2. The second kappa shape index (κ2) is 7.59. The van der Waals surface area contributed by atoms with Gasteiger partial charge in [0.2, 0.25) is 10.0 Å². The van der Waals surface area contributed by atoms with Gasteiger partial charge in [0.15, 0.2) is 0 Å². The minimum absolute atomic E-state index is 0.130. The molecule has 0 aliphatic heterocycles. The Hall–Kier alpha value is -1.37. The van der Waals surface area contributed by atoms with Gasteiger partial charge in [-0.3, -0.25) is 0 Å². The van der Waals surface area contributed by atoms with E-state index in [1.807, 2.05) is 18.3 Å². The Morgan fingerprint density at radius 3 is 2.62 bits per heavy atom. The van der Waals surface area contributed by atoms with Gasteiger partial charge >= 0.3 is 0 Å². The Morgan fingerprint density at radius 2 is 1.95 bits per heavy atom. The summed E-state index contributed by atoms with van der Waals surface area (Å²) in [6.07, 6.45) is 5.65. The molecule has 5 nitrogen and oxygen atoms in total. The van der Waals surface area contributed by atoms with Gasteiger partial charge in [0, 0.05) is 17.8 Å². The van der Waals surface area contributed by atoms with Crippen LogP contribution in [0.2, 0.25) is 5.02 Å². The lowest BCUT2D eigenvalue weighted by molar-refractivity contribution is 0.576. The first-order chi connectivity index (χ1) is 10.1. The number of H-pyrrole nitrogens is 1. The number of aromatic amines is 1. The molecule has 0 bridgehead atoms. The van der Waals surface area contributed by atoms with E-state index >= 15 is 0 Å². The highest BCUT2D eigenvalue weighted by molar-refractivity contribution is 7.89. The molecule has 1 heterocycles. The normalized spacial score (nSPS) is 11.7. The first kappa shape index (κ1) is 16.0. The van der Waals surface area contributed by atoms with Crippen LogP contribution in [-0.2, 0) is 23.0 Å². The van der Waals surface area contributed by atoms with Crippen molar-refractivity contribution in [2.75, 3.05) is 5.75 Å². The van der Waals surface area contributed by atoms with Gasteiger partial charge in [-0.05, 0) is 37.0 Å². The van der Waals surface area contributed by atoms with Gasteiger partial charge < -0.3 is 4.98 Å². The van der Waals surface area contributed by atoms with Gasteiger partial charge in [-0.25, -0.2) is 18.1 Å². The fraction of sp³-hybridized carbons (Fsp3) is 0.357. The van der Waals surface area contributed by atoms with Crippen molar-refractivity contribution in [1.82, 2.24) is 14.7 Å². The van der Waals surface area contributed by atoms with E-state index in [1.165, 1.54) is 0 Å². The summed E-state index contributed by atoms with van der Waals surface area (Å²) < 4.78 is 26.3. The number of unbranched alkanes of at least 4 members (excludes halogenated alkanes) is 1. The highest BCUT2D eigenvalue weighted by Crippen LogP contribution is 2.09. The lowest BCUT2D eigenvalue weighted by atomic mass is 10.2. The third-order valence-corrected chi connectivity index (χ3v) is 4.72. The van der Waals surface area contributed by atoms with Crippen LogP contribution in [0, 0.1) is 0 Å². The van der Waals surface area contributed by atoms with Gasteiger partial charge in [0.25, 0.3) is 0 Å². The Kier molecular flexibility index (Phi) is 5.78. The molecule has 0 radical (unpaired) electrons. The largest absolute Gasteiger partial charge is 0.351 e. The minimum atomic E-state index is -3.24.